The number of aryl methyl sites for hydroxylation is 1. The summed E-state index contributed by atoms with van der Waals surface area (Å²) in [6.45, 7) is 7.32. The number of nitrogens with one attached hydrogen (secondary N) is 1. The van der Waals surface area contributed by atoms with Gasteiger partial charge in [0.1, 0.15) is 17.0 Å². The van der Waals surface area contributed by atoms with E-state index < -0.39 is 34.4 Å². The first-order valence-corrected chi connectivity index (χ1v) is 8.69. The second-order valence-corrected chi connectivity index (χ2v) is 8.09. The molecule has 0 radical (unpaired) electrons. The molecule has 0 saturated carbocycles. The maximum absolute atomic E-state index is 12.4. The normalized spacial score (nSPS) is 21.1. The van der Waals surface area contributed by atoms with Gasteiger partial charge in [0.25, 0.3) is 0 Å². The molecule has 1 aliphatic carbocycles. The Kier molecular flexibility index (Phi) is 5.35. The van der Waals surface area contributed by atoms with Crippen molar-refractivity contribution in [3.8, 4) is 11.5 Å². The predicted octanol–water partition coefficient (Wildman–Crippen LogP) is 3.38. The number of hydrogen-bond acceptors (Lipinski definition) is 5. The number of carboxylic acid groups (broad SMARTS) is 1. The van der Waals surface area contributed by atoms with Crippen LogP contribution in [-0.2, 0) is 9.59 Å². The molecule has 1 atom stereocenters. The SMILES string of the molecule is Cc1cc(C(=O)O)c(O)c(NC(=O)CCC2(C)CC(C)(C)C=CC2=O)c1O. The fourth-order valence-corrected chi connectivity index (χ4v) is 3.54. The van der Waals surface area contributed by atoms with Crippen LogP contribution in [0.15, 0.2) is 18.2 Å². The van der Waals surface area contributed by atoms with Crippen LogP contribution in [0.1, 0.15) is 56.0 Å². The number of rotatable bonds is 5. The smallest absolute Gasteiger partial charge is 0.339 e. The fraction of sp³-hybridized carbons (Fsp3) is 0.450. The summed E-state index contributed by atoms with van der Waals surface area (Å²) in [7, 11) is 0. The van der Waals surface area contributed by atoms with Crippen molar-refractivity contribution in [3.05, 3.63) is 29.3 Å². The molecule has 1 aliphatic rings. The lowest BCUT2D eigenvalue weighted by Gasteiger charge is -2.37. The first-order chi connectivity index (χ1) is 12.4. The first-order valence-electron chi connectivity index (χ1n) is 8.69. The molecular weight excluding hydrogens is 350 g/mol. The molecule has 27 heavy (non-hydrogen) atoms. The van der Waals surface area contributed by atoms with Gasteiger partial charge < -0.3 is 20.6 Å². The van der Waals surface area contributed by atoms with Gasteiger partial charge in [-0.05, 0) is 42.9 Å². The van der Waals surface area contributed by atoms with Crippen LogP contribution in [0.2, 0.25) is 0 Å². The second kappa shape index (κ2) is 7.06. The molecule has 0 bridgehead atoms. The maximum Gasteiger partial charge on any atom is 0.339 e. The highest BCUT2D eigenvalue weighted by Gasteiger charge is 2.39. The van der Waals surface area contributed by atoms with Gasteiger partial charge in [0.2, 0.25) is 5.91 Å². The molecule has 7 nitrogen and oxygen atoms in total. The summed E-state index contributed by atoms with van der Waals surface area (Å²) in [5.41, 5.74) is -1.37. The van der Waals surface area contributed by atoms with E-state index in [0.717, 1.165) is 6.07 Å². The van der Waals surface area contributed by atoms with Crippen molar-refractivity contribution in [1.82, 2.24) is 0 Å². The van der Waals surface area contributed by atoms with E-state index >= 15 is 0 Å². The van der Waals surface area contributed by atoms with E-state index in [4.69, 9.17) is 5.11 Å². The van der Waals surface area contributed by atoms with Crippen LogP contribution in [0, 0.1) is 17.8 Å². The Morgan fingerprint density at radius 3 is 2.41 bits per heavy atom. The molecule has 0 saturated heterocycles. The zero-order chi connectivity index (χ0) is 20.6. The van der Waals surface area contributed by atoms with Crippen LogP contribution in [0.25, 0.3) is 0 Å². The Morgan fingerprint density at radius 2 is 1.81 bits per heavy atom. The van der Waals surface area contributed by atoms with Gasteiger partial charge in [0.15, 0.2) is 11.5 Å². The molecule has 7 heteroatoms. The Morgan fingerprint density at radius 1 is 1.19 bits per heavy atom. The molecule has 1 aromatic rings. The molecular formula is C20H25NO6. The number of benzene rings is 1. The molecule has 4 N–H and O–H groups in total. The highest BCUT2D eigenvalue weighted by atomic mass is 16.4. The minimum absolute atomic E-state index is 0.0125. The molecule has 0 aliphatic heterocycles. The van der Waals surface area contributed by atoms with Gasteiger partial charge in [-0.3, -0.25) is 9.59 Å². The number of aromatic carboxylic acids is 1. The Labute approximate surface area is 157 Å². The summed E-state index contributed by atoms with van der Waals surface area (Å²) in [6, 6.07) is 1.12. The number of carboxylic acids is 1. The maximum atomic E-state index is 12.4. The minimum Gasteiger partial charge on any atom is -0.505 e. The van der Waals surface area contributed by atoms with Gasteiger partial charge in [0.05, 0.1) is 0 Å². The zero-order valence-corrected chi connectivity index (χ0v) is 15.9. The van der Waals surface area contributed by atoms with E-state index in [-0.39, 0.29) is 28.9 Å². The largest absolute Gasteiger partial charge is 0.505 e. The van der Waals surface area contributed by atoms with Gasteiger partial charge in [-0.1, -0.05) is 26.8 Å². The lowest BCUT2D eigenvalue weighted by atomic mass is 9.65. The van der Waals surface area contributed by atoms with Crippen molar-refractivity contribution in [3.63, 3.8) is 0 Å². The van der Waals surface area contributed by atoms with Gasteiger partial charge in [-0.25, -0.2) is 4.79 Å². The third-order valence-corrected chi connectivity index (χ3v) is 4.99. The van der Waals surface area contributed by atoms with Crippen LogP contribution < -0.4 is 5.32 Å². The molecule has 0 spiro atoms. The number of phenols is 2. The van der Waals surface area contributed by atoms with E-state index in [1.807, 2.05) is 26.8 Å². The lowest BCUT2D eigenvalue weighted by Crippen LogP contribution is -2.36. The van der Waals surface area contributed by atoms with Gasteiger partial charge in [-0.2, -0.15) is 0 Å². The van der Waals surface area contributed by atoms with E-state index in [0.29, 0.717) is 12.8 Å². The number of aromatic hydroxyl groups is 2. The van der Waals surface area contributed by atoms with Crippen LogP contribution in [-0.4, -0.2) is 33.0 Å². The molecule has 1 unspecified atom stereocenters. The summed E-state index contributed by atoms with van der Waals surface area (Å²) in [6.07, 6.45) is 4.31. The Balaban J connectivity index is 2.16. The Bertz CT molecular complexity index is 839. The van der Waals surface area contributed by atoms with Crippen LogP contribution in [0.4, 0.5) is 5.69 Å². The van der Waals surface area contributed by atoms with Crippen LogP contribution >= 0.6 is 0 Å². The Hall–Kier alpha value is -2.83. The quantitative estimate of drug-likeness (QED) is 0.585. The molecule has 0 aromatic heterocycles. The third kappa shape index (κ3) is 4.30. The summed E-state index contributed by atoms with van der Waals surface area (Å²) < 4.78 is 0. The van der Waals surface area contributed by atoms with Crippen molar-refractivity contribution in [2.24, 2.45) is 10.8 Å². The number of anilines is 1. The molecule has 1 amide bonds. The topological polar surface area (TPSA) is 124 Å². The fourth-order valence-electron chi connectivity index (χ4n) is 3.54. The first kappa shape index (κ1) is 20.5. The van der Waals surface area contributed by atoms with E-state index in [2.05, 4.69) is 5.32 Å². The van der Waals surface area contributed by atoms with Gasteiger partial charge in [-0.15, -0.1) is 0 Å². The summed E-state index contributed by atoms with van der Waals surface area (Å²) >= 11 is 0. The van der Waals surface area contributed by atoms with E-state index in [1.54, 1.807) is 6.08 Å². The number of carbonyl (C=O) groups is 3. The molecule has 0 heterocycles. The van der Waals surface area contributed by atoms with Crippen molar-refractivity contribution < 1.29 is 29.7 Å². The zero-order valence-electron chi connectivity index (χ0n) is 15.9. The van der Waals surface area contributed by atoms with E-state index in [1.165, 1.54) is 6.92 Å². The number of hydrogen-bond donors (Lipinski definition) is 4. The molecule has 2 rings (SSSR count). The van der Waals surface area contributed by atoms with Crippen molar-refractivity contribution in [2.45, 2.75) is 47.0 Å². The minimum atomic E-state index is -1.37. The number of allylic oxidation sites excluding steroid dienone is 2. The number of phenolic OH excluding ortho intramolecular Hbond substituents is 1. The van der Waals surface area contributed by atoms with Gasteiger partial charge in [0, 0.05) is 11.8 Å². The summed E-state index contributed by atoms with van der Waals surface area (Å²) in [5.74, 6) is -3.04. The molecule has 146 valence electrons. The van der Waals surface area contributed by atoms with Crippen LogP contribution in [0.3, 0.4) is 0 Å². The molecule has 1 aromatic carbocycles. The van der Waals surface area contributed by atoms with Crippen molar-refractivity contribution in [2.75, 3.05) is 5.32 Å². The average molecular weight is 375 g/mol. The van der Waals surface area contributed by atoms with Crippen molar-refractivity contribution in [1.29, 1.82) is 0 Å². The number of carbonyl (C=O) groups excluding carboxylic acids is 2. The lowest BCUT2D eigenvalue weighted by molar-refractivity contribution is -0.126. The van der Waals surface area contributed by atoms with E-state index in [9.17, 15) is 24.6 Å². The predicted molar refractivity (Wildman–Crippen MR) is 100.0 cm³/mol. The highest BCUT2D eigenvalue weighted by molar-refractivity contribution is 6.01. The summed E-state index contributed by atoms with van der Waals surface area (Å²) in [5, 5.41) is 31.7. The average Bonchev–Trinajstić information content (AvgIpc) is 2.56. The van der Waals surface area contributed by atoms with Crippen molar-refractivity contribution >= 4 is 23.3 Å². The molecule has 0 fully saturated rings. The second-order valence-electron chi connectivity index (χ2n) is 8.09. The van der Waals surface area contributed by atoms with Gasteiger partial charge >= 0.3 is 5.97 Å². The van der Waals surface area contributed by atoms with Crippen LogP contribution in [0.5, 0.6) is 11.5 Å². The monoisotopic (exact) mass is 375 g/mol. The summed E-state index contributed by atoms with van der Waals surface area (Å²) in [4.78, 5) is 35.8. The highest BCUT2D eigenvalue weighted by Crippen LogP contribution is 2.43. The number of ketones is 1. The third-order valence-electron chi connectivity index (χ3n) is 4.99. The number of amides is 1. The standard InChI is InChI=1S/C20H25NO6/c1-11-9-12(18(26)27)17(25)15(16(11)24)21-14(23)6-8-20(4)10-19(2,3)7-5-13(20)22/h5,7,9,24-25H,6,8,10H2,1-4H3,(H,21,23)(H,26,27).